The molecule has 0 bridgehead atoms. The lowest BCUT2D eigenvalue weighted by Gasteiger charge is -2.33. The lowest BCUT2D eigenvalue weighted by molar-refractivity contribution is 0.281. The highest BCUT2D eigenvalue weighted by Crippen LogP contribution is 2.27. The average Bonchev–Trinajstić information content (AvgIpc) is 2.38. The first-order chi connectivity index (χ1) is 8.22. The Kier molecular flexibility index (Phi) is 4.29. The third kappa shape index (κ3) is 3.13. The Balaban J connectivity index is 2.18. The van der Waals surface area contributed by atoms with Crippen molar-refractivity contribution in [2.75, 3.05) is 23.7 Å². The second-order valence-electron chi connectivity index (χ2n) is 4.32. The van der Waals surface area contributed by atoms with Crippen LogP contribution in [0, 0.1) is 5.82 Å². The maximum absolute atomic E-state index is 13.4. The molecule has 0 aromatic heterocycles. The summed E-state index contributed by atoms with van der Waals surface area (Å²) in [5.74, 6) is 0.821. The van der Waals surface area contributed by atoms with E-state index in [4.69, 9.17) is 5.11 Å². The minimum absolute atomic E-state index is 0.107. The molecule has 1 aromatic carbocycles. The summed E-state index contributed by atoms with van der Waals surface area (Å²) in [6.07, 6.45) is 1.14. The zero-order valence-electron chi connectivity index (χ0n) is 10.0. The number of thioether (sulfide) groups is 1. The molecule has 0 spiro atoms. The number of nitrogens with zero attached hydrogens (tertiary/aromatic N) is 1. The van der Waals surface area contributed by atoms with E-state index in [-0.39, 0.29) is 12.4 Å². The van der Waals surface area contributed by atoms with Gasteiger partial charge in [-0.05, 0) is 30.2 Å². The molecule has 1 fully saturated rings. The van der Waals surface area contributed by atoms with Crippen LogP contribution in [0.1, 0.15) is 18.9 Å². The first-order valence-corrected chi connectivity index (χ1v) is 7.04. The Morgan fingerprint density at radius 3 is 3.00 bits per heavy atom. The van der Waals surface area contributed by atoms with E-state index in [9.17, 15) is 4.39 Å². The van der Waals surface area contributed by atoms with Crippen molar-refractivity contribution in [1.29, 1.82) is 0 Å². The first kappa shape index (κ1) is 12.7. The number of rotatable bonds is 3. The van der Waals surface area contributed by atoms with Gasteiger partial charge in [-0.25, -0.2) is 4.39 Å². The fraction of sp³-hybridized carbons (Fsp3) is 0.538. The molecule has 94 valence electrons. The Bertz CT molecular complexity index is 386. The van der Waals surface area contributed by atoms with Gasteiger partial charge in [0.15, 0.2) is 0 Å². The predicted molar refractivity (Wildman–Crippen MR) is 71.1 cm³/mol. The van der Waals surface area contributed by atoms with Crippen molar-refractivity contribution in [3.05, 3.63) is 29.6 Å². The summed E-state index contributed by atoms with van der Waals surface area (Å²) in [5.41, 5.74) is 1.54. The van der Waals surface area contributed by atoms with Crippen LogP contribution in [0.15, 0.2) is 18.2 Å². The minimum Gasteiger partial charge on any atom is -0.392 e. The van der Waals surface area contributed by atoms with Crippen LogP contribution < -0.4 is 4.90 Å². The van der Waals surface area contributed by atoms with E-state index < -0.39 is 0 Å². The van der Waals surface area contributed by atoms with Crippen LogP contribution >= 0.6 is 11.8 Å². The van der Waals surface area contributed by atoms with Gasteiger partial charge in [-0.1, -0.05) is 6.92 Å². The van der Waals surface area contributed by atoms with Gasteiger partial charge in [0.2, 0.25) is 0 Å². The van der Waals surface area contributed by atoms with Crippen LogP contribution in [0.5, 0.6) is 0 Å². The SMILES string of the molecule is CCC1CN(c2cc(F)cc(CO)c2)CCS1. The predicted octanol–water partition coefficient (Wildman–Crippen LogP) is 2.65. The highest BCUT2D eigenvalue weighted by molar-refractivity contribution is 8.00. The number of halogens is 1. The third-order valence-corrected chi connectivity index (χ3v) is 4.46. The molecule has 1 N–H and O–H groups in total. The second kappa shape index (κ2) is 5.74. The van der Waals surface area contributed by atoms with Crippen molar-refractivity contribution in [3.8, 4) is 0 Å². The summed E-state index contributed by atoms with van der Waals surface area (Å²) in [6, 6.07) is 4.83. The number of aliphatic hydroxyl groups excluding tert-OH is 1. The zero-order chi connectivity index (χ0) is 12.3. The molecule has 2 nitrogen and oxygen atoms in total. The van der Waals surface area contributed by atoms with Crippen molar-refractivity contribution in [1.82, 2.24) is 0 Å². The molecule has 1 unspecified atom stereocenters. The third-order valence-electron chi connectivity index (χ3n) is 3.08. The molecule has 1 aliphatic rings. The number of hydrogen-bond donors (Lipinski definition) is 1. The van der Waals surface area contributed by atoms with E-state index in [1.54, 1.807) is 6.07 Å². The molecule has 1 aromatic rings. The van der Waals surface area contributed by atoms with Gasteiger partial charge in [-0.15, -0.1) is 0 Å². The molecule has 4 heteroatoms. The highest BCUT2D eigenvalue weighted by atomic mass is 32.2. The summed E-state index contributed by atoms with van der Waals surface area (Å²) in [4.78, 5) is 2.22. The lowest BCUT2D eigenvalue weighted by atomic mass is 10.1. The van der Waals surface area contributed by atoms with Crippen LogP contribution in [-0.4, -0.2) is 29.2 Å². The van der Waals surface area contributed by atoms with Crippen molar-refractivity contribution in [2.45, 2.75) is 25.2 Å². The maximum atomic E-state index is 13.4. The number of anilines is 1. The van der Waals surface area contributed by atoms with Crippen LogP contribution in [-0.2, 0) is 6.61 Å². The lowest BCUT2D eigenvalue weighted by Crippen LogP contribution is -2.37. The molecule has 1 heterocycles. The van der Waals surface area contributed by atoms with Crippen molar-refractivity contribution < 1.29 is 9.50 Å². The molecule has 1 saturated heterocycles. The van der Waals surface area contributed by atoms with Crippen LogP contribution in [0.25, 0.3) is 0 Å². The molecular weight excluding hydrogens is 237 g/mol. The van der Waals surface area contributed by atoms with Gasteiger partial charge in [0.1, 0.15) is 5.82 Å². The van der Waals surface area contributed by atoms with Crippen molar-refractivity contribution in [2.24, 2.45) is 0 Å². The first-order valence-electron chi connectivity index (χ1n) is 5.99. The number of benzene rings is 1. The minimum atomic E-state index is -0.266. The quantitative estimate of drug-likeness (QED) is 0.898. The van der Waals surface area contributed by atoms with Gasteiger partial charge in [-0.2, -0.15) is 11.8 Å². The molecule has 1 aliphatic heterocycles. The molecule has 1 atom stereocenters. The fourth-order valence-corrected chi connectivity index (χ4v) is 3.29. The van der Waals surface area contributed by atoms with Crippen LogP contribution in [0.3, 0.4) is 0 Å². The summed E-state index contributed by atoms with van der Waals surface area (Å²) in [5, 5.41) is 9.72. The van der Waals surface area contributed by atoms with Gasteiger partial charge in [-0.3, -0.25) is 0 Å². The molecule has 17 heavy (non-hydrogen) atoms. The Labute approximate surface area is 106 Å². The Morgan fingerprint density at radius 2 is 2.29 bits per heavy atom. The summed E-state index contributed by atoms with van der Waals surface area (Å²) in [6.45, 7) is 4.00. The topological polar surface area (TPSA) is 23.5 Å². The second-order valence-corrected chi connectivity index (χ2v) is 5.73. The van der Waals surface area contributed by atoms with Crippen LogP contribution in [0.2, 0.25) is 0 Å². The number of aliphatic hydroxyl groups is 1. The largest absolute Gasteiger partial charge is 0.392 e. The molecule has 0 aliphatic carbocycles. The average molecular weight is 255 g/mol. The standard InChI is InChI=1S/C13H18FNOS/c1-2-13-8-15(3-4-17-13)12-6-10(9-16)5-11(14)7-12/h5-7,13,16H,2-4,8-9H2,1H3. The van der Waals surface area contributed by atoms with Gasteiger partial charge < -0.3 is 10.0 Å². The van der Waals surface area contributed by atoms with E-state index in [0.29, 0.717) is 10.8 Å². The Morgan fingerprint density at radius 1 is 1.47 bits per heavy atom. The van der Waals surface area contributed by atoms with E-state index in [2.05, 4.69) is 11.8 Å². The highest BCUT2D eigenvalue weighted by Gasteiger charge is 2.19. The van der Waals surface area contributed by atoms with Crippen molar-refractivity contribution >= 4 is 17.4 Å². The molecule has 0 radical (unpaired) electrons. The maximum Gasteiger partial charge on any atom is 0.125 e. The van der Waals surface area contributed by atoms with Gasteiger partial charge in [0.05, 0.1) is 6.61 Å². The molecular formula is C13H18FNOS. The normalized spacial score (nSPS) is 20.6. The van der Waals surface area contributed by atoms with Gasteiger partial charge in [0, 0.05) is 29.8 Å². The van der Waals surface area contributed by atoms with E-state index >= 15 is 0 Å². The number of hydrogen-bond acceptors (Lipinski definition) is 3. The zero-order valence-corrected chi connectivity index (χ0v) is 10.8. The van der Waals surface area contributed by atoms with Gasteiger partial charge >= 0.3 is 0 Å². The fourth-order valence-electron chi connectivity index (χ4n) is 2.11. The van der Waals surface area contributed by atoms with E-state index in [1.165, 1.54) is 6.07 Å². The van der Waals surface area contributed by atoms with Crippen LogP contribution in [0.4, 0.5) is 10.1 Å². The van der Waals surface area contributed by atoms with Gasteiger partial charge in [0.25, 0.3) is 0 Å². The van der Waals surface area contributed by atoms with E-state index in [0.717, 1.165) is 31.0 Å². The van der Waals surface area contributed by atoms with Crippen molar-refractivity contribution in [3.63, 3.8) is 0 Å². The summed E-state index contributed by atoms with van der Waals surface area (Å²) >= 11 is 1.99. The molecule has 0 saturated carbocycles. The summed E-state index contributed by atoms with van der Waals surface area (Å²) in [7, 11) is 0. The molecule has 2 rings (SSSR count). The monoisotopic (exact) mass is 255 g/mol. The smallest absolute Gasteiger partial charge is 0.125 e. The summed E-state index contributed by atoms with van der Waals surface area (Å²) < 4.78 is 13.4. The molecule has 0 amide bonds. The van der Waals surface area contributed by atoms with E-state index in [1.807, 2.05) is 17.8 Å². The Hall–Kier alpha value is -0.740.